The van der Waals surface area contributed by atoms with E-state index >= 15 is 0 Å². The van der Waals surface area contributed by atoms with Gasteiger partial charge in [-0.05, 0) is 38.4 Å². The Balaban J connectivity index is 1.96. The molecule has 1 aromatic heterocycles. The van der Waals surface area contributed by atoms with E-state index in [1.165, 1.54) is 0 Å². The van der Waals surface area contributed by atoms with Crippen LogP contribution >= 0.6 is 0 Å². The number of para-hydroxylation sites is 1. The molecule has 0 amide bonds. The molecule has 0 aliphatic carbocycles. The Kier molecular flexibility index (Phi) is 4.68. The van der Waals surface area contributed by atoms with Crippen LogP contribution in [0.5, 0.6) is 0 Å². The number of aromatic nitrogens is 2. The third-order valence-corrected chi connectivity index (χ3v) is 4.99. The second-order valence-electron chi connectivity index (χ2n) is 6.34. The molecule has 0 bridgehead atoms. The number of nitrogens with zero attached hydrogens (tertiary/aromatic N) is 3. The van der Waals surface area contributed by atoms with Crippen molar-refractivity contribution in [3.8, 4) is 5.69 Å². The number of piperidine rings is 1. The number of rotatable bonds is 4. The molecule has 1 aromatic carbocycles. The lowest BCUT2D eigenvalue weighted by molar-refractivity contribution is 0.0837. The molecule has 23 heavy (non-hydrogen) atoms. The number of hydrogen-bond acceptors (Lipinski definition) is 3. The summed E-state index contributed by atoms with van der Waals surface area (Å²) >= 11 is 0. The molecule has 0 saturated carbocycles. The van der Waals surface area contributed by atoms with E-state index in [9.17, 15) is 9.90 Å². The zero-order valence-corrected chi connectivity index (χ0v) is 13.9. The maximum absolute atomic E-state index is 12.9. The molecule has 1 aliphatic rings. The Morgan fingerprint density at radius 2 is 1.96 bits per heavy atom. The molecular weight excluding hydrogens is 290 g/mol. The molecule has 1 fully saturated rings. The highest BCUT2D eigenvalue weighted by Crippen LogP contribution is 2.20. The number of likely N-dealkylation sites (tertiary alicyclic amines) is 1. The lowest BCUT2D eigenvalue weighted by Crippen LogP contribution is -2.42. The largest absolute Gasteiger partial charge is 0.395 e. The van der Waals surface area contributed by atoms with Gasteiger partial charge in [-0.15, -0.1) is 0 Å². The average molecular weight is 315 g/mol. The standard InChI is InChI=1S/C18H25N3O2/c1-14-17(12-20-11-7-6-10-16(20)13-22)18(23)21(19(14)2)15-8-4-3-5-9-15/h3-5,8-9,16,22H,6-7,10-13H2,1-2H3. The van der Waals surface area contributed by atoms with Crippen molar-refractivity contribution in [2.75, 3.05) is 13.2 Å². The minimum absolute atomic E-state index is 0.0402. The van der Waals surface area contributed by atoms with Crippen molar-refractivity contribution in [1.29, 1.82) is 0 Å². The van der Waals surface area contributed by atoms with Gasteiger partial charge in [-0.25, -0.2) is 4.68 Å². The zero-order chi connectivity index (χ0) is 16.4. The summed E-state index contributed by atoms with van der Waals surface area (Å²) in [5, 5.41) is 9.59. The highest BCUT2D eigenvalue weighted by molar-refractivity contribution is 5.33. The van der Waals surface area contributed by atoms with Crippen molar-refractivity contribution >= 4 is 0 Å². The Bertz CT molecular complexity index is 718. The van der Waals surface area contributed by atoms with Crippen LogP contribution in [0.3, 0.4) is 0 Å². The van der Waals surface area contributed by atoms with Gasteiger partial charge < -0.3 is 5.11 Å². The van der Waals surface area contributed by atoms with Gasteiger partial charge >= 0.3 is 0 Å². The molecule has 1 aliphatic heterocycles. The van der Waals surface area contributed by atoms with Crippen LogP contribution < -0.4 is 5.56 Å². The van der Waals surface area contributed by atoms with E-state index < -0.39 is 0 Å². The van der Waals surface area contributed by atoms with Crippen LogP contribution in [0.1, 0.15) is 30.5 Å². The molecule has 2 aromatic rings. The van der Waals surface area contributed by atoms with E-state index in [2.05, 4.69) is 4.90 Å². The summed E-state index contributed by atoms with van der Waals surface area (Å²) in [5.74, 6) is 0. The van der Waals surface area contributed by atoms with Crippen LogP contribution in [0, 0.1) is 6.92 Å². The van der Waals surface area contributed by atoms with Gasteiger partial charge in [0.2, 0.25) is 0 Å². The normalized spacial score (nSPS) is 19.2. The molecule has 124 valence electrons. The Labute approximate surface area is 136 Å². The summed E-state index contributed by atoms with van der Waals surface area (Å²) in [7, 11) is 1.92. The number of aliphatic hydroxyl groups excluding tert-OH is 1. The average Bonchev–Trinajstić information content (AvgIpc) is 2.80. The quantitative estimate of drug-likeness (QED) is 0.936. The van der Waals surface area contributed by atoms with E-state index in [1.54, 1.807) is 4.68 Å². The van der Waals surface area contributed by atoms with Crippen molar-refractivity contribution in [3.05, 3.63) is 51.9 Å². The molecule has 1 saturated heterocycles. The maximum atomic E-state index is 12.9. The first kappa shape index (κ1) is 16.0. The minimum Gasteiger partial charge on any atom is -0.395 e. The molecule has 1 N–H and O–H groups in total. The topological polar surface area (TPSA) is 50.4 Å². The fraction of sp³-hybridized carbons (Fsp3) is 0.500. The summed E-state index contributed by atoms with van der Waals surface area (Å²) in [5.41, 5.74) is 2.74. The third-order valence-electron chi connectivity index (χ3n) is 4.99. The lowest BCUT2D eigenvalue weighted by atomic mass is 10.0. The van der Waals surface area contributed by atoms with Crippen LogP contribution in [0.25, 0.3) is 5.69 Å². The molecule has 0 spiro atoms. The van der Waals surface area contributed by atoms with Gasteiger partial charge in [0.15, 0.2) is 0 Å². The van der Waals surface area contributed by atoms with Gasteiger partial charge in [0.25, 0.3) is 5.56 Å². The summed E-state index contributed by atoms with van der Waals surface area (Å²) in [6.45, 7) is 3.72. The van der Waals surface area contributed by atoms with Crippen LogP contribution in [-0.2, 0) is 13.6 Å². The first-order chi connectivity index (χ1) is 11.1. The van der Waals surface area contributed by atoms with Crippen molar-refractivity contribution in [1.82, 2.24) is 14.3 Å². The first-order valence-corrected chi connectivity index (χ1v) is 8.31. The predicted octanol–water partition coefficient (Wildman–Crippen LogP) is 1.83. The van der Waals surface area contributed by atoms with Crippen LogP contribution in [-0.4, -0.2) is 38.6 Å². The summed E-state index contributed by atoms with van der Waals surface area (Å²) < 4.78 is 3.65. The van der Waals surface area contributed by atoms with Gasteiger partial charge in [0, 0.05) is 25.3 Å². The Morgan fingerprint density at radius 3 is 2.65 bits per heavy atom. The number of hydrogen-bond donors (Lipinski definition) is 1. The highest BCUT2D eigenvalue weighted by Gasteiger charge is 2.25. The van der Waals surface area contributed by atoms with Crippen molar-refractivity contribution in [2.45, 2.75) is 38.8 Å². The maximum Gasteiger partial charge on any atom is 0.276 e. The van der Waals surface area contributed by atoms with Gasteiger partial charge in [-0.1, -0.05) is 24.6 Å². The van der Waals surface area contributed by atoms with E-state index in [0.717, 1.165) is 42.8 Å². The van der Waals surface area contributed by atoms with E-state index in [0.29, 0.717) is 6.54 Å². The summed E-state index contributed by atoms with van der Waals surface area (Å²) in [6.07, 6.45) is 3.30. The van der Waals surface area contributed by atoms with Crippen molar-refractivity contribution in [3.63, 3.8) is 0 Å². The van der Waals surface area contributed by atoms with E-state index in [4.69, 9.17) is 0 Å². The zero-order valence-electron chi connectivity index (χ0n) is 13.9. The van der Waals surface area contributed by atoms with Crippen LogP contribution in [0.15, 0.2) is 35.1 Å². The lowest BCUT2D eigenvalue weighted by Gasteiger charge is -2.34. The summed E-state index contributed by atoms with van der Waals surface area (Å²) in [4.78, 5) is 15.2. The van der Waals surface area contributed by atoms with Gasteiger partial charge in [-0.2, -0.15) is 0 Å². The van der Waals surface area contributed by atoms with Crippen molar-refractivity contribution < 1.29 is 5.11 Å². The monoisotopic (exact) mass is 315 g/mol. The molecule has 2 heterocycles. The predicted molar refractivity (Wildman–Crippen MR) is 90.9 cm³/mol. The molecule has 1 unspecified atom stereocenters. The van der Waals surface area contributed by atoms with E-state index in [-0.39, 0.29) is 18.2 Å². The molecule has 5 nitrogen and oxygen atoms in total. The summed E-state index contributed by atoms with van der Waals surface area (Å²) in [6, 6.07) is 9.90. The SMILES string of the molecule is Cc1c(CN2CCCCC2CO)c(=O)n(-c2ccccc2)n1C. The molecule has 5 heteroatoms. The van der Waals surface area contributed by atoms with E-state index in [1.807, 2.05) is 49.0 Å². The Morgan fingerprint density at radius 1 is 1.22 bits per heavy atom. The first-order valence-electron chi connectivity index (χ1n) is 8.31. The van der Waals surface area contributed by atoms with Crippen LogP contribution in [0.4, 0.5) is 0 Å². The fourth-order valence-electron chi connectivity index (χ4n) is 3.48. The minimum atomic E-state index is 0.0402. The molecule has 3 rings (SSSR count). The second kappa shape index (κ2) is 6.72. The highest BCUT2D eigenvalue weighted by atomic mass is 16.3. The smallest absolute Gasteiger partial charge is 0.276 e. The molecule has 0 radical (unpaired) electrons. The third kappa shape index (κ3) is 2.99. The van der Waals surface area contributed by atoms with Crippen molar-refractivity contribution in [2.24, 2.45) is 7.05 Å². The molecular formula is C18H25N3O2. The van der Waals surface area contributed by atoms with Gasteiger partial charge in [0.1, 0.15) is 0 Å². The molecule has 1 atom stereocenters. The fourth-order valence-corrected chi connectivity index (χ4v) is 3.48. The van der Waals surface area contributed by atoms with Crippen LogP contribution in [0.2, 0.25) is 0 Å². The number of aliphatic hydroxyl groups is 1. The van der Waals surface area contributed by atoms with Gasteiger partial charge in [0.05, 0.1) is 17.9 Å². The number of benzene rings is 1. The Hall–Kier alpha value is -1.85. The second-order valence-corrected chi connectivity index (χ2v) is 6.34. The van der Waals surface area contributed by atoms with Gasteiger partial charge in [-0.3, -0.25) is 14.4 Å².